The molecule has 0 bridgehead atoms. The van der Waals surface area contributed by atoms with Gasteiger partial charge in [-0.3, -0.25) is 14.3 Å². The van der Waals surface area contributed by atoms with Gasteiger partial charge in [0.1, 0.15) is 6.42 Å². The lowest BCUT2D eigenvalue weighted by atomic mass is 10.2. The molecule has 3 rings (SSSR count). The third kappa shape index (κ3) is 3.41. The van der Waals surface area contributed by atoms with Crippen LogP contribution in [0.25, 0.3) is 0 Å². The molecule has 0 fully saturated rings. The minimum absolute atomic E-state index is 0.0338. The molecular weight excluding hydrogens is 398 g/mol. The summed E-state index contributed by atoms with van der Waals surface area (Å²) in [6, 6.07) is 10.9. The van der Waals surface area contributed by atoms with Gasteiger partial charge in [0.05, 0.1) is 22.0 Å². The Balaban J connectivity index is 1.96. The highest BCUT2D eigenvalue weighted by Gasteiger charge is 2.22. The van der Waals surface area contributed by atoms with Crippen LogP contribution < -0.4 is 15.4 Å². The van der Waals surface area contributed by atoms with Crippen LogP contribution >= 0.6 is 15.9 Å². The number of nitrogens with one attached hydrogen (secondary N) is 3. The van der Waals surface area contributed by atoms with Crippen molar-refractivity contribution in [2.75, 3.05) is 15.4 Å². The Bertz CT molecular complexity index is 943. The molecule has 0 aromatic heterocycles. The van der Waals surface area contributed by atoms with Crippen LogP contribution in [0.5, 0.6) is 0 Å². The molecule has 9 heteroatoms. The SMILES string of the molecule is O=C1CC(=O)Nc2cc(S(=O)(=O)Nc3ccccc3Br)ccc2N1. The fourth-order valence-electron chi connectivity index (χ4n) is 2.19. The van der Waals surface area contributed by atoms with Gasteiger partial charge in [0.15, 0.2) is 0 Å². The van der Waals surface area contributed by atoms with Crippen molar-refractivity contribution in [3.05, 3.63) is 46.9 Å². The van der Waals surface area contributed by atoms with Gasteiger partial charge in [-0.1, -0.05) is 12.1 Å². The van der Waals surface area contributed by atoms with Gasteiger partial charge in [-0.25, -0.2) is 8.42 Å². The second-order valence-corrected chi connectivity index (χ2v) is 7.60. The van der Waals surface area contributed by atoms with Gasteiger partial charge in [-0.15, -0.1) is 0 Å². The first-order valence-corrected chi connectivity index (χ1v) is 9.14. The van der Waals surface area contributed by atoms with Crippen LogP contribution in [0.1, 0.15) is 6.42 Å². The summed E-state index contributed by atoms with van der Waals surface area (Å²) in [4.78, 5) is 23.1. The fourth-order valence-corrected chi connectivity index (χ4v) is 3.81. The zero-order valence-corrected chi connectivity index (χ0v) is 14.6. The summed E-state index contributed by atoms with van der Waals surface area (Å²) in [5, 5.41) is 5.06. The van der Waals surface area contributed by atoms with Crippen molar-refractivity contribution in [2.45, 2.75) is 11.3 Å². The summed E-state index contributed by atoms with van der Waals surface area (Å²) in [5.41, 5.74) is 0.983. The van der Waals surface area contributed by atoms with E-state index in [4.69, 9.17) is 0 Å². The molecule has 0 saturated carbocycles. The van der Waals surface area contributed by atoms with Gasteiger partial charge in [0, 0.05) is 4.47 Å². The maximum Gasteiger partial charge on any atom is 0.262 e. The molecule has 0 saturated heterocycles. The van der Waals surface area contributed by atoms with E-state index in [2.05, 4.69) is 31.3 Å². The van der Waals surface area contributed by atoms with Crippen LogP contribution in [-0.4, -0.2) is 20.2 Å². The van der Waals surface area contributed by atoms with Crippen molar-refractivity contribution < 1.29 is 18.0 Å². The zero-order valence-electron chi connectivity index (χ0n) is 12.2. The highest BCUT2D eigenvalue weighted by Crippen LogP contribution is 2.30. The van der Waals surface area contributed by atoms with E-state index in [1.54, 1.807) is 24.3 Å². The van der Waals surface area contributed by atoms with E-state index in [0.717, 1.165) is 0 Å². The number of sulfonamides is 1. The van der Waals surface area contributed by atoms with E-state index in [9.17, 15) is 18.0 Å². The lowest BCUT2D eigenvalue weighted by Gasteiger charge is -2.12. The van der Waals surface area contributed by atoms with Crippen LogP contribution in [-0.2, 0) is 19.6 Å². The van der Waals surface area contributed by atoms with Crippen LogP contribution in [0.4, 0.5) is 17.1 Å². The molecule has 1 aliphatic heterocycles. The molecule has 0 spiro atoms. The number of halogens is 1. The fraction of sp³-hybridized carbons (Fsp3) is 0.0667. The smallest absolute Gasteiger partial charge is 0.262 e. The first-order chi connectivity index (χ1) is 11.3. The van der Waals surface area contributed by atoms with E-state index in [1.807, 2.05) is 0 Å². The average Bonchev–Trinajstić information content (AvgIpc) is 2.65. The van der Waals surface area contributed by atoms with Crippen molar-refractivity contribution in [2.24, 2.45) is 0 Å². The molecule has 0 radical (unpaired) electrons. The normalized spacial score (nSPS) is 14.2. The number of para-hydroxylation sites is 1. The molecule has 0 unspecified atom stereocenters. The summed E-state index contributed by atoms with van der Waals surface area (Å²) in [7, 11) is -3.86. The van der Waals surface area contributed by atoms with Gasteiger partial charge < -0.3 is 10.6 Å². The number of fused-ring (bicyclic) bond motifs is 1. The largest absolute Gasteiger partial charge is 0.324 e. The standard InChI is InChI=1S/C15H12BrN3O4S/c16-10-3-1-2-4-11(10)19-24(22,23)9-5-6-12-13(7-9)18-15(21)8-14(20)17-12/h1-7,19H,8H2,(H,17,20)(H,18,21). The van der Waals surface area contributed by atoms with Crippen molar-refractivity contribution in [3.8, 4) is 0 Å². The lowest BCUT2D eigenvalue weighted by molar-refractivity contribution is -0.123. The monoisotopic (exact) mass is 409 g/mol. The molecule has 24 heavy (non-hydrogen) atoms. The van der Waals surface area contributed by atoms with Gasteiger partial charge >= 0.3 is 0 Å². The van der Waals surface area contributed by atoms with E-state index in [1.165, 1.54) is 18.2 Å². The predicted octanol–water partition coefficient (Wildman–Crippen LogP) is 2.53. The highest BCUT2D eigenvalue weighted by atomic mass is 79.9. The van der Waals surface area contributed by atoms with Gasteiger partial charge in [0.25, 0.3) is 10.0 Å². The number of carbonyl (C=O) groups is 2. The van der Waals surface area contributed by atoms with Gasteiger partial charge in [0.2, 0.25) is 11.8 Å². The quantitative estimate of drug-likeness (QED) is 0.677. The second kappa shape index (κ2) is 6.25. The molecule has 1 aliphatic rings. The van der Waals surface area contributed by atoms with Crippen LogP contribution in [0, 0.1) is 0 Å². The molecule has 0 aliphatic carbocycles. The third-order valence-corrected chi connectivity index (χ3v) is 5.34. The number of hydrogen-bond acceptors (Lipinski definition) is 4. The minimum Gasteiger partial charge on any atom is -0.324 e. The predicted molar refractivity (Wildman–Crippen MR) is 93.3 cm³/mol. The van der Waals surface area contributed by atoms with Crippen molar-refractivity contribution in [3.63, 3.8) is 0 Å². The molecule has 2 aromatic carbocycles. The Hall–Kier alpha value is -2.39. The van der Waals surface area contributed by atoms with Gasteiger partial charge in [-0.2, -0.15) is 0 Å². The molecule has 7 nitrogen and oxygen atoms in total. The van der Waals surface area contributed by atoms with Crippen molar-refractivity contribution in [1.29, 1.82) is 0 Å². The number of benzene rings is 2. The van der Waals surface area contributed by atoms with Crippen LogP contribution in [0.2, 0.25) is 0 Å². The Morgan fingerprint density at radius 3 is 2.33 bits per heavy atom. The Kier molecular flexibility index (Phi) is 4.29. The molecule has 2 amide bonds. The zero-order chi connectivity index (χ0) is 17.3. The molecule has 2 aromatic rings. The summed E-state index contributed by atoms with van der Waals surface area (Å²) in [6.45, 7) is 0. The van der Waals surface area contributed by atoms with E-state index in [-0.39, 0.29) is 17.0 Å². The van der Waals surface area contributed by atoms with E-state index >= 15 is 0 Å². The Labute approximate surface area is 146 Å². The number of anilines is 3. The summed E-state index contributed by atoms with van der Waals surface area (Å²) >= 11 is 3.27. The van der Waals surface area contributed by atoms with E-state index < -0.39 is 21.8 Å². The number of amides is 2. The third-order valence-electron chi connectivity index (χ3n) is 3.29. The maximum absolute atomic E-state index is 12.5. The molecule has 3 N–H and O–H groups in total. The second-order valence-electron chi connectivity index (χ2n) is 5.07. The lowest BCUT2D eigenvalue weighted by Crippen LogP contribution is -2.16. The summed E-state index contributed by atoms with van der Waals surface area (Å²) < 4.78 is 28.2. The maximum atomic E-state index is 12.5. The minimum atomic E-state index is -3.86. The number of hydrogen-bond donors (Lipinski definition) is 3. The first-order valence-electron chi connectivity index (χ1n) is 6.86. The Morgan fingerprint density at radius 2 is 1.62 bits per heavy atom. The topological polar surface area (TPSA) is 104 Å². The molecule has 124 valence electrons. The summed E-state index contributed by atoms with van der Waals surface area (Å²) in [6.07, 6.45) is -0.314. The number of rotatable bonds is 3. The molecule has 0 atom stereocenters. The van der Waals surface area contributed by atoms with E-state index in [0.29, 0.717) is 15.8 Å². The van der Waals surface area contributed by atoms with Crippen molar-refractivity contribution >= 4 is 54.8 Å². The van der Waals surface area contributed by atoms with Gasteiger partial charge in [-0.05, 0) is 46.3 Å². The number of carbonyl (C=O) groups excluding carboxylic acids is 2. The van der Waals surface area contributed by atoms with Crippen LogP contribution in [0.15, 0.2) is 51.8 Å². The molecule has 1 heterocycles. The molecular formula is C15H12BrN3O4S. The first kappa shape index (κ1) is 16.5. The van der Waals surface area contributed by atoms with Crippen molar-refractivity contribution in [1.82, 2.24) is 0 Å². The highest BCUT2D eigenvalue weighted by molar-refractivity contribution is 9.10. The van der Waals surface area contributed by atoms with Crippen LogP contribution in [0.3, 0.4) is 0 Å². The Morgan fingerprint density at radius 1 is 0.958 bits per heavy atom. The average molecular weight is 410 g/mol. The summed E-state index contributed by atoms with van der Waals surface area (Å²) in [5.74, 6) is -0.951.